The highest BCUT2D eigenvalue weighted by Crippen LogP contribution is 2.28. The van der Waals surface area contributed by atoms with Gasteiger partial charge in [-0.3, -0.25) is 19.7 Å². The number of carbonyl (C=O) groups is 1. The first kappa shape index (κ1) is 25.3. The van der Waals surface area contributed by atoms with Crippen molar-refractivity contribution < 1.29 is 22.5 Å². The second kappa shape index (κ2) is 9.66. The van der Waals surface area contributed by atoms with E-state index in [1.807, 2.05) is 0 Å². The number of piperazine rings is 1. The van der Waals surface area contributed by atoms with Crippen LogP contribution in [0.25, 0.3) is 10.9 Å². The number of nitro groups is 1. The van der Waals surface area contributed by atoms with E-state index in [0.717, 1.165) is 12.3 Å². The minimum Gasteiger partial charge on any atom is -0.366 e. The molecule has 4 rings (SSSR count). The molecule has 1 aliphatic heterocycles. The molecule has 11 nitrogen and oxygen atoms in total. The first-order valence-corrected chi connectivity index (χ1v) is 12.6. The number of rotatable bonds is 6. The fourth-order valence-electron chi connectivity index (χ4n) is 4.25. The summed E-state index contributed by atoms with van der Waals surface area (Å²) in [4.78, 5) is 35.9. The Bertz CT molecular complexity index is 1510. The molecule has 1 aromatic heterocycles. The SMILES string of the molecule is CCn1cc([N+](=O)[O-])c(=O)c2cc(F)c(N3CCN(S(=O)(=O)c4ccc(NC(C)=O)cc4)CC3)cc21. The summed E-state index contributed by atoms with van der Waals surface area (Å²) in [6.45, 7) is 4.05. The number of aromatic nitrogens is 1. The Balaban J connectivity index is 1.58. The molecule has 2 aromatic carbocycles. The van der Waals surface area contributed by atoms with Gasteiger partial charge in [-0.2, -0.15) is 4.31 Å². The zero-order chi connectivity index (χ0) is 26.2. The van der Waals surface area contributed by atoms with Gasteiger partial charge in [-0.1, -0.05) is 0 Å². The third-order valence-electron chi connectivity index (χ3n) is 6.06. The molecule has 0 atom stereocenters. The Morgan fingerprint density at radius 3 is 2.33 bits per heavy atom. The van der Waals surface area contributed by atoms with Crippen molar-refractivity contribution in [3.8, 4) is 0 Å². The highest BCUT2D eigenvalue weighted by Gasteiger charge is 2.30. The van der Waals surface area contributed by atoms with Crippen LogP contribution >= 0.6 is 0 Å². The van der Waals surface area contributed by atoms with Crippen molar-refractivity contribution in [2.45, 2.75) is 25.3 Å². The number of hydrogen-bond acceptors (Lipinski definition) is 7. The highest BCUT2D eigenvalue weighted by molar-refractivity contribution is 7.89. The predicted molar refractivity (Wildman–Crippen MR) is 132 cm³/mol. The number of aryl methyl sites for hydroxylation is 1. The standard InChI is InChI=1S/C23H24FN5O6S/c1-3-26-14-22(29(32)33)23(31)18-12-19(24)21(13-20(18)26)27-8-10-28(11-9-27)36(34,35)17-6-4-16(5-7-17)25-15(2)30/h4-7,12-14H,3,8-11H2,1-2H3,(H,25,30). The molecule has 190 valence electrons. The van der Waals surface area contributed by atoms with Gasteiger partial charge in [0, 0.05) is 45.3 Å². The molecule has 1 saturated heterocycles. The zero-order valence-electron chi connectivity index (χ0n) is 19.6. The van der Waals surface area contributed by atoms with E-state index >= 15 is 4.39 Å². The summed E-state index contributed by atoms with van der Waals surface area (Å²) in [6, 6.07) is 8.33. The molecule has 36 heavy (non-hydrogen) atoms. The summed E-state index contributed by atoms with van der Waals surface area (Å²) in [7, 11) is -3.80. The van der Waals surface area contributed by atoms with Gasteiger partial charge in [-0.05, 0) is 43.3 Å². The van der Waals surface area contributed by atoms with Gasteiger partial charge in [0.25, 0.3) is 5.43 Å². The van der Waals surface area contributed by atoms with E-state index in [9.17, 15) is 28.1 Å². The lowest BCUT2D eigenvalue weighted by molar-refractivity contribution is -0.386. The minimum absolute atomic E-state index is 0.0792. The van der Waals surface area contributed by atoms with Crippen LogP contribution in [0.1, 0.15) is 13.8 Å². The third kappa shape index (κ3) is 4.66. The van der Waals surface area contributed by atoms with Crippen molar-refractivity contribution in [2.75, 3.05) is 36.4 Å². The maximum absolute atomic E-state index is 15.1. The largest absolute Gasteiger partial charge is 0.366 e. The Kier molecular flexibility index (Phi) is 6.78. The van der Waals surface area contributed by atoms with Gasteiger partial charge >= 0.3 is 5.69 Å². The molecule has 2 heterocycles. The second-order valence-electron chi connectivity index (χ2n) is 8.30. The van der Waals surface area contributed by atoms with Gasteiger partial charge in [-0.25, -0.2) is 12.8 Å². The van der Waals surface area contributed by atoms with Crippen molar-refractivity contribution in [3.05, 3.63) is 68.7 Å². The fourth-order valence-corrected chi connectivity index (χ4v) is 5.67. The summed E-state index contributed by atoms with van der Waals surface area (Å²) in [5, 5.41) is 13.7. The first-order valence-electron chi connectivity index (χ1n) is 11.2. The van der Waals surface area contributed by atoms with Crippen LogP contribution in [0.3, 0.4) is 0 Å². The highest BCUT2D eigenvalue weighted by atomic mass is 32.2. The Morgan fingerprint density at radius 2 is 1.78 bits per heavy atom. The lowest BCUT2D eigenvalue weighted by Crippen LogP contribution is -2.48. The Morgan fingerprint density at radius 1 is 1.14 bits per heavy atom. The van der Waals surface area contributed by atoms with Crippen molar-refractivity contribution in [3.63, 3.8) is 0 Å². The summed E-state index contributed by atoms with van der Waals surface area (Å²) in [6.07, 6.45) is 1.15. The van der Waals surface area contributed by atoms with Gasteiger partial charge in [0.15, 0.2) is 0 Å². The van der Waals surface area contributed by atoms with Gasteiger partial charge in [0.1, 0.15) is 5.82 Å². The van der Waals surface area contributed by atoms with Crippen LogP contribution in [0.5, 0.6) is 0 Å². The molecule has 0 aliphatic carbocycles. The van der Waals surface area contributed by atoms with Crippen molar-refractivity contribution in [1.29, 1.82) is 0 Å². The van der Waals surface area contributed by atoms with Crippen LogP contribution in [-0.2, 0) is 21.4 Å². The molecule has 0 unspecified atom stereocenters. The number of pyridine rings is 1. The minimum atomic E-state index is -3.80. The number of benzene rings is 2. The number of nitrogens with one attached hydrogen (secondary N) is 1. The Hall–Kier alpha value is -3.84. The van der Waals surface area contributed by atoms with E-state index in [2.05, 4.69) is 5.32 Å². The molecule has 1 N–H and O–H groups in total. The molecule has 0 spiro atoms. The first-order chi connectivity index (χ1) is 17.0. The average molecular weight is 518 g/mol. The Labute approximate surface area is 205 Å². The monoisotopic (exact) mass is 517 g/mol. The molecule has 0 saturated carbocycles. The molecule has 13 heteroatoms. The number of sulfonamides is 1. The predicted octanol–water partition coefficient (Wildman–Crippen LogP) is 2.54. The van der Waals surface area contributed by atoms with E-state index in [0.29, 0.717) is 17.7 Å². The van der Waals surface area contributed by atoms with Crippen LogP contribution in [0.15, 0.2) is 52.3 Å². The zero-order valence-corrected chi connectivity index (χ0v) is 20.4. The summed E-state index contributed by atoms with van der Waals surface area (Å²) >= 11 is 0. The molecular weight excluding hydrogens is 493 g/mol. The average Bonchev–Trinajstić information content (AvgIpc) is 2.84. The fraction of sp³-hybridized carbons (Fsp3) is 0.304. The number of halogens is 1. The maximum atomic E-state index is 15.1. The molecule has 3 aromatic rings. The summed E-state index contributed by atoms with van der Waals surface area (Å²) in [5.41, 5.74) is -0.451. The molecule has 1 fully saturated rings. The maximum Gasteiger partial charge on any atom is 0.332 e. The van der Waals surface area contributed by atoms with Crippen LogP contribution in [0, 0.1) is 15.9 Å². The third-order valence-corrected chi connectivity index (χ3v) is 7.97. The normalized spacial score (nSPS) is 14.7. The van der Waals surface area contributed by atoms with Crippen LogP contribution in [0.4, 0.5) is 21.5 Å². The van der Waals surface area contributed by atoms with Gasteiger partial charge in [0.2, 0.25) is 15.9 Å². The lowest BCUT2D eigenvalue weighted by Gasteiger charge is -2.35. The van der Waals surface area contributed by atoms with Crippen molar-refractivity contribution in [1.82, 2.24) is 8.87 Å². The van der Waals surface area contributed by atoms with Crippen LogP contribution in [0.2, 0.25) is 0 Å². The van der Waals surface area contributed by atoms with Gasteiger partial charge in [-0.15, -0.1) is 0 Å². The smallest absolute Gasteiger partial charge is 0.332 e. The van der Waals surface area contributed by atoms with Crippen molar-refractivity contribution in [2.24, 2.45) is 0 Å². The quantitative estimate of drug-likeness (QED) is 0.392. The molecule has 1 aliphatic rings. The number of amides is 1. The van der Waals surface area contributed by atoms with Gasteiger partial charge < -0.3 is 14.8 Å². The molecule has 1 amide bonds. The summed E-state index contributed by atoms with van der Waals surface area (Å²) in [5.74, 6) is -0.982. The topological polar surface area (TPSA) is 135 Å². The number of hydrogen-bond donors (Lipinski definition) is 1. The number of carbonyl (C=O) groups excluding carboxylic acids is 1. The number of fused-ring (bicyclic) bond motifs is 1. The lowest BCUT2D eigenvalue weighted by atomic mass is 10.1. The van der Waals surface area contributed by atoms with E-state index in [1.54, 1.807) is 11.8 Å². The number of anilines is 2. The van der Waals surface area contributed by atoms with Gasteiger partial charge in [0.05, 0.1) is 32.6 Å². The van der Waals surface area contributed by atoms with E-state index in [4.69, 9.17) is 0 Å². The van der Waals surface area contributed by atoms with Crippen LogP contribution in [-0.4, -0.2) is 54.3 Å². The van der Waals surface area contributed by atoms with E-state index in [1.165, 1.54) is 46.1 Å². The second-order valence-corrected chi connectivity index (χ2v) is 10.2. The van der Waals surface area contributed by atoms with Crippen molar-refractivity contribution >= 4 is 43.9 Å². The summed E-state index contributed by atoms with van der Waals surface area (Å²) < 4.78 is 44.0. The number of nitrogens with zero attached hydrogens (tertiary/aromatic N) is 4. The molecular formula is C23H24FN5O6S. The van der Waals surface area contributed by atoms with E-state index in [-0.39, 0.29) is 48.1 Å². The van der Waals surface area contributed by atoms with E-state index < -0.39 is 31.9 Å². The molecule has 0 bridgehead atoms. The molecule has 0 radical (unpaired) electrons. The van der Waals surface area contributed by atoms with Crippen LogP contribution < -0.4 is 15.6 Å².